The molecule has 2 aliphatic heterocycles. The minimum atomic E-state index is -4.42. The van der Waals surface area contributed by atoms with Crippen LogP contribution in [0, 0.1) is 23.2 Å². The number of carbonyl (C=O) groups excluding carboxylic acids is 1. The molecule has 2 aliphatic rings. The number of anilines is 2. The van der Waals surface area contributed by atoms with Gasteiger partial charge in [0.2, 0.25) is 5.91 Å². The van der Waals surface area contributed by atoms with Gasteiger partial charge in [0, 0.05) is 56.4 Å². The molecule has 47 heavy (non-hydrogen) atoms. The minimum Gasteiger partial charge on any atom is -0.382 e. The summed E-state index contributed by atoms with van der Waals surface area (Å²) in [5.74, 6) is 6.07. The second-order valence-electron chi connectivity index (χ2n) is 12.5. The lowest BCUT2D eigenvalue weighted by molar-refractivity contribution is -0.140. The van der Waals surface area contributed by atoms with Gasteiger partial charge in [0.25, 0.3) is 0 Å². The van der Waals surface area contributed by atoms with Gasteiger partial charge in [-0.25, -0.2) is 4.31 Å². The maximum Gasteiger partial charge on any atom is 0.406 e. The molecule has 0 atom stereocenters. The smallest absolute Gasteiger partial charge is 0.382 e. The molecule has 13 heteroatoms. The number of piperazine rings is 1. The van der Waals surface area contributed by atoms with E-state index in [1.54, 1.807) is 62.3 Å². The van der Waals surface area contributed by atoms with Gasteiger partial charge >= 0.3 is 6.18 Å². The number of rotatable bonds is 9. The van der Waals surface area contributed by atoms with Crippen molar-refractivity contribution < 1.29 is 18.0 Å². The van der Waals surface area contributed by atoms with Crippen LogP contribution in [0.15, 0.2) is 42.6 Å². The summed E-state index contributed by atoms with van der Waals surface area (Å²) in [5, 5.41) is 16.7. The fourth-order valence-corrected chi connectivity index (χ4v) is 6.47. The molecule has 4 heterocycles. The molecule has 250 valence electrons. The molecule has 1 aromatic carbocycles. The van der Waals surface area contributed by atoms with Gasteiger partial charge < -0.3 is 20.1 Å². The third-order valence-corrected chi connectivity index (χ3v) is 9.60. The van der Waals surface area contributed by atoms with Crippen LogP contribution in [0.2, 0.25) is 0 Å². The van der Waals surface area contributed by atoms with E-state index in [4.69, 9.17) is 0 Å². The summed E-state index contributed by atoms with van der Waals surface area (Å²) in [7, 11) is 0. The highest BCUT2D eigenvalue weighted by atomic mass is 32.2. The van der Waals surface area contributed by atoms with Crippen molar-refractivity contribution in [2.24, 2.45) is 0 Å². The van der Waals surface area contributed by atoms with Crippen LogP contribution in [-0.2, 0) is 16.8 Å². The van der Waals surface area contributed by atoms with E-state index in [-0.39, 0.29) is 24.2 Å². The van der Waals surface area contributed by atoms with Gasteiger partial charge in [0.05, 0.1) is 53.4 Å². The molecule has 0 saturated carbocycles. The van der Waals surface area contributed by atoms with E-state index in [1.165, 1.54) is 4.57 Å². The van der Waals surface area contributed by atoms with Gasteiger partial charge in [-0.05, 0) is 69.2 Å². The summed E-state index contributed by atoms with van der Waals surface area (Å²) in [6.45, 7) is 7.89. The van der Waals surface area contributed by atoms with Gasteiger partial charge in [0.15, 0.2) is 0 Å². The maximum absolute atomic E-state index is 13.7. The molecule has 2 saturated heterocycles. The second kappa shape index (κ2) is 14.9. The van der Waals surface area contributed by atoms with Crippen LogP contribution in [0.25, 0.3) is 10.9 Å². The van der Waals surface area contributed by atoms with Crippen molar-refractivity contribution in [2.45, 2.75) is 50.9 Å². The SMILES string of the molecule is CSN1CCN(C(=O)CN2CCC(Nc3cccc4c3cc(C#CCNc3ccc(C(C)(C)C#N)nc3)n4CC(F)(F)F)CC2)CC1. The Kier molecular flexibility index (Phi) is 10.9. The Labute approximate surface area is 278 Å². The van der Waals surface area contributed by atoms with Crippen LogP contribution in [0.5, 0.6) is 0 Å². The molecule has 9 nitrogen and oxygen atoms in total. The lowest BCUT2D eigenvalue weighted by Crippen LogP contribution is -2.50. The molecule has 2 N–H and O–H groups in total. The molecule has 1 amide bonds. The van der Waals surface area contributed by atoms with E-state index in [0.29, 0.717) is 28.8 Å². The molecule has 0 bridgehead atoms. The zero-order valence-corrected chi connectivity index (χ0v) is 27.8. The van der Waals surface area contributed by atoms with Gasteiger partial charge in [0.1, 0.15) is 6.54 Å². The van der Waals surface area contributed by atoms with E-state index in [1.807, 2.05) is 11.0 Å². The molecule has 5 rings (SSSR count). The van der Waals surface area contributed by atoms with Crippen molar-refractivity contribution in [2.75, 3.05) is 69.2 Å². The third kappa shape index (κ3) is 8.92. The molecule has 0 aliphatic carbocycles. The number of likely N-dealkylation sites (tertiary alicyclic amines) is 1. The first-order chi connectivity index (χ1) is 22.5. The van der Waals surface area contributed by atoms with Crippen LogP contribution in [0.1, 0.15) is 38.1 Å². The van der Waals surface area contributed by atoms with Crippen LogP contribution >= 0.6 is 11.9 Å². The van der Waals surface area contributed by atoms with E-state index < -0.39 is 18.1 Å². The quantitative estimate of drug-likeness (QED) is 0.239. The fraction of sp³-hybridized carbons (Fsp3) is 0.500. The number of aromatic nitrogens is 2. The minimum absolute atomic E-state index is 0.139. The number of pyridine rings is 1. The first-order valence-corrected chi connectivity index (χ1v) is 17.0. The molecule has 0 unspecified atom stereocenters. The number of fused-ring (bicyclic) bond motifs is 1. The van der Waals surface area contributed by atoms with Gasteiger partial charge in [-0.2, -0.15) is 18.4 Å². The van der Waals surface area contributed by atoms with E-state index in [0.717, 1.165) is 57.8 Å². The highest BCUT2D eigenvalue weighted by Gasteiger charge is 2.30. The van der Waals surface area contributed by atoms with E-state index in [9.17, 15) is 23.2 Å². The van der Waals surface area contributed by atoms with Gasteiger partial charge in [-0.3, -0.25) is 14.7 Å². The molecule has 0 spiro atoms. The molecular weight excluding hydrogens is 625 g/mol. The number of hydrogen-bond donors (Lipinski definition) is 2. The number of carbonyl (C=O) groups is 1. The average molecular weight is 667 g/mol. The Morgan fingerprint density at radius 3 is 2.47 bits per heavy atom. The Morgan fingerprint density at radius 1 is 1.09 bits per heavy atom. The van der Waals surface area contributed by atoms with E-state index >= 15 is 0 Å². The number of nitrogens with zero attached hydrogens (tertiary/aromatic N) is 6. The van der Waals surface area contributed by atoms with Crippen molar-refractivity contribution in [3.05, 3.63) is 54.0 Å². The number of benzene rings is 1. The summed E-state index contributed by atoms with van der Waals surface area (Å²) in [6, 6.07) is 13.0. The number of nitriles is 1. The van der Waals surface area contributed by atoms with Crippen LogP contribution in [-0.4, -0.2) is 100 Å². The fourth-order valence-electron chi connectivity index (χ4n) is 5.94. The normalized spacial score (nSPS) is 16.8. The number of hydrogen-bond acceptors (Lipinski definition) is 8. The zero-order chi connectivity index (χ0) is 33.6. The topological polar surface area (TPSA) is 92.5 Å². The highest BCUT2D eigenvalue weighted by Crippen LogP contribution is 2.31. The molecule has 2 aromatic heterocycles. The largest absolute Gasteiger partial charge is 0.406 e. The Balaban J connectivity index is 1.22. The molecular formula is C34H41F3N8OS. The van der Waals surface area contributed by atoms with E-state index in [2.05, 4.69) is 49.0 Å². The highest BCUT2D eigenvalue weighted by molar-refractivity contribution is 7.96. The summed E-state index contributed by atoms with van der Waals surface area (Å²) >= 11 is 1.71. The van der Waals surface area contributed by atoms with Crippen molar-refractivity contribution in [3.63, 3.8) is 0 Å². The lowest BCUT2D eigenvalue weighted by Gasteiger charge is -2.36. The van der Waals surface area contributed by atoms with Crippen molar-refractivity contribution in [1.29, 1.82) is 5.26 Å². The predicted octanol–water partition coefficient (Wildman–Crippen LogP) is 5.16. The Bertz CT molecular complexity index is 1640. The average Bonchev–Trinajstić information content (AvgIpc) is 3.40. The lowest BCUT2D eigenvalue weighted by atomic mass is 9.91. The first-order valence-electron chi connectivity index (χ1n) is 15.8. The van der Waals surface area contributed by atoms with Crippen molar-refractivity contribution in [1.82, 2.24) is 23.7 Å². The van der Waals surface area contributed by atoms with Crippen LogP contribution < -0.4 is 10.6 Å². The van der Waals surface area contributed by atoms with Crippen molar-refractivity contribution in [3.8, 4) is 17.9 Å². The number of piperidine rings is 1. The molecule has 2 fully saturated rings. The number of nitrogens with one attached hydrogen (secondary N) is 2. The van der Waals surface area contributed by atoms with Crippen LogP contribution in [0.3, 0.4) is 0 Å². The second-order valence-corrected chi connectivity index (χ2v) is 13.4. The third-order valence-electron chi connectivity index (χ3n) is 8.72. The number of amides is 1. The first kappa shape index (κ1) is 34.4. The predicted molar refractivity (Wildman–Crippen MR) is 181 cm³/mol. The van der Waals surface area contributed by atoms with Gasteiger partial charge in [-0.15, -0.1) is 0 Å². The maximum atomic E-state index is 13.7. The summed E-state index contributed by atoms with van der Waals surface area (Å²) in [5.41, 5.74) is 2.16. The van der Waals surface area contributed by atoms with Crippen molar-refractivity contribution >= 4 is 40.1 Å². The zero-order valence-electron chi connectivity index (χ0n) is 27.0. The van der Waals surface area contributed by atoms with Crippen LogP contribution in [0.4, 0.5) is 24.5 Å². The Hall–Kier alpha value is -3.91. The monoisotopic (exact) mass is 666 g/mol. The summed E-state index contributed by atoms with van der Waals surface area (Å²) in [4.78, 5) is 21.4. The van der Waals surface area contributed by atoms with Gasteiger partial charge in [-0.1, -0.05) is 23.9 Å². The summed E-state index contributed by atoms with van der Waals surface area (Å²) in [6.07, 6.45) is 0.915. The Morgan fingerprint density at radius 2 is 1.83 bits per heavy atom. The standard InChI is InChI=1S/C34H41F3N8OS/c1-33(2,23-38)31-10-9-26(21-40-31)39-13-5-6-27-20-28-29(7-4-8-30(28)45(27)24-34(35,36)37)41-25-11-14-42(15-12-25)22-32(46)43-16-18-44(47-3)19-17-43/h4,7-10,20-21,25,39,41H,11-19,22,24H2,1-3H3. The molecule has 3 aromatic rings. The number of halogens is 3. The summed E-state index contributed by atoms with van der Waals surface area (Å²) < 4.78 is 44.5. The number of alkyl halides is 3. The molecule has 0 radical (unpaired) electrons.